The maximum Gasteiger partial charge on any atom is 0.328 e. The predicted molar refractivity (Wildman–Crippen MR) is 152 cm³/mol. The van der Waals surface area contributed by atoms with E-state index in [0.717, 1.165) is 18.4 Å². The number of esters is 1. The van der Waals surface area contributed by atoms with Crippen molar-refractivity contribution in [2.75, 3.05) is 33.4 Å². The highest BCUT2D eigenvalue weighted by molar-refractivity contribution is 5.89. The molecule has 2 aliphatic rings. The molecule has 1 saturated heterocycles. The first kappa shape index (κ1) is 35.4. The Bertz CT molecular complexity index is 755. The molecule has 1 heterocycles. The molecule has 1 aromatic carbocycles. The van der Waals surface area contributed by atoms with Gasteiger partial charge in [-0.05, 0) is 43.4 Å². The van der Waals surface area contributed by atoms with E-state index in [1.54, 1.807) is 12.1 Å². The molecule has 3 rings (SSSR count). The lowest BCUT2D eigenvalue weighted by molar-refractivity contribution is -0.150. The van der Waals surface area contributed by atoms with Gasteiger partial charge in [0.1, 0.15) is 11.8 Å². The number of ether oxygens (including phenoxy) is 2. The largest absolute Gasteiger partial charge is 0.494 e. The molecule has 38 heavy (non-hydrogen) atoms. The summed E-state index contributed by atoms with van der Waals surface area (Å²) in [5.74, 6) is -0.327. The molecule has 1 unspecified atom stereocenters. The van der Waals surface area contributed by atoms with Gasteiger partial charge in [0.25, 0.3) is 0 Å². The number of likely N-dealkylation sites (tertiary alicyclic amines) is 1. The lowest BCUT2D eigenvalue weighted by Gasteiger charge is -2.22. The summed E-state index contributed by atoms with van der Waals surface area (Å²) in [6, 6.07) is 6.66. The number of unbranched alkanes of at least 4 members (excludes halogenated alkanes) is 1. The van der Waals surface area contributed by atoms with Crippen molar-refractivity contribution in [2.45, 2.75) is 104 Å². The van der Waals surface area contributed by atoms with Crippen LogP contribution in [0.4, 0.5) is 0 Å². The van der Waals surface area contributed by atoms with Crippen molar-refractivity contribution in [2.24, 2.45) is 0 Å². The highest BCUT2D eigenvalue weighted by Gasteiger charge is 2.34. The molecular weight excluding hydrogens is 484 g/mol. The number of aliphatic hydroxyl groups excluding tert-OH is 1. The van der Waals surface area contributed by atoms with E-state index < -0.39 is 12.0 Å². The van der Waals surface area contributed by atoms with Crippen molar-refractivity contribution in [1.29, 1.82) is 0 Å². The Labute approximate surface area is 230 Å². The van der Waals surface area contributed by atoms with Gasteiger partial charge in [-0.25, -0.2) is 4.79 Å². The Kier molecular flexibility index (Phi) is 21.9. The molecule has 0 spiro atoms. The summed E-state index contributed by atoms with van der Waals surface area (Å²) >= 11 is 0. The summed E-state index contributed by atoms with van der Waals surface area (Å²) in [5.41, 5.74) is 0.776. The van der Waals surface area contributed by atoms with Crippen molar-refractivity contribution in [3.8, 4) is 5.75 Å². The highest BCUT2D eigenvalue weighted by atomic mass is 16.5. The van der Waals surface area contributed by atoms with Gasteiger partial charge in [-0.2, -0.15) is 0 Å². The van der Waals surface area contributed by atoms with Crippen LogP contribution in [0, 0.1) is 0 Å². The number of aliphatic hydroxyl groups is 1. The first-order chi connectivity index (χ1) is 18.5. The zero-order chi connectivity index (χ0) is 28.6. The number of nitrogens with one attached hydrogen (secondary N) is 1. The minimum atomic E-state index is -0.561. The van der Waals surface area contributed by atoms with Gasteiger partial charge in [-0.3, -0.25) is 9.59 Å². The van der Waals surface area contributed by atoms with Crippen molar-refractivity contribution in [1.82, 2.24) is 10.2 Å². The number of hydrogen-bond acceptors (Lipinski definition) is 6. The molecule has 1 atom stereocenters. The number of hydrogen-bond donors (Lipinski definition) is 2. The van der Waals surface area contributed by atoms with Crippen molar-refractivity contribution < 1.29 is 29.0 Å². The van der Waals surface area contributed by atoms with Crippen molar-refractivity contribution >= 4 is 17.8 Å². The Hall–Kier alpha value is -2.61. The standard InChI is InChI=1S/C20H28N2O6.C6H12.2C2H6/c1-27-20(26)17-8-5-9-22(17)19(25)14-21-18(24)13-15-6-4-7-16(12-15)28-11-3-2-10-23;1-2-4-6-5-3-1;2*1-2/h4,6-7,12,17,23H,2-3,5,8-11,13-14H2,1H3,(H,21,24);1-6H2;2*1-2H3. The van der Waals surface area contributed by atoms with Crippen LogP contribution in [0.15, 0.2) is 24.3 Å². The fraction of sp³-hybridized carbons (Fsp3) is 0.700. The van der Waals surface area contributed by atoms with Crippen LogP contribution in [0.25, 0.3) is 0 Å². The fourth-order valence-electron chi connectivity index (χ4n) is 4.18. The van der Waals surface area contributed by atoms with E-state index in [9.17, 15) is 14.4 Å². The zero-order valence-corrected chi connectivity index (χ0v) is 24.4. The van der Waals surface area contributed by atoms with Crippen LogP contribution < -0.4 is 10.1 Å². The third kappa shape index (κ3) is 15.0. The fourth-order valence-corrected chi connectivity index (χ4v) is 4.18. The lowest BCUT2D eigenvalue weighted by atomic mass is 10.0. The Morgan fingerprint density at radius 3 is 2.18 bits per heavy atom. The van der Waals surface area contributed by atoms with Gasteiger partial charge in [0, 0.05) is 13.2 Å². The summed E-state index contributed by atoms with van der Waals surface area (Å²) in [7, 11) is 1.30. The van der Waals surface area contributed by atoms with E-state index in [2.05, 4.69) is 5.32 Å². The number of rotatable bonds is 10. The molecular formula is C30H52N2O6. The van der Waals surface area contributed by atoms with Crippen LogP contribution in [-0.2, 0) is 25.5 Å². The van der Waals surface area contributed by atoms with Gasteiger partial charge >= 0.3 is 5.97 Å². The van der Waals surface area contributed by atoms with Gasteiger partial charge < -0.3 is 24.8 Å². The van der Waals surface area contributed by atoms with Gasteiger partial charge in [0.15, 0.2) is 0 Å². The molecule has 2 fully saturated rings. The minimum absolute atomic E-state index is 0.127. The molecule has 1 aromatic rings. The third-order valence-corrected chi connectivity index (χ3v) is 6.07. The van der Waals surface area contributed by atoms with E-state index in [1.807, 2.05) is 39.8 Å². The molecule has 0 bridgehead atoms. The number of nitrogens with zero attached hydrogens (tertiary/aromatic N) is 1. The monoisotopic (exact) mass is 536 g/mol. The molecule has 8 heteroatoms. The van der Waals surface area contributed by atoms with Gasteiger partial charge in [0.05, 0.1) is 26.7 Å². The quantitative estimate of drug-likeness (QED) is 0.320. The molecule has 2 amide bonds. The third-order valence-electron chi connectivity index (χ3n) is 6.07. The summed E-state index contributed by atoms with van der Waals surface area (Å²) < 4.78 is 10.3. The Morgan fingerprint density at radius 1 is 0.974 bits per heavy atom. The van der Waals surface area contributed by atoms with E-state index in [0.29, 0.717) is 31.7 Å². The number of amides is 2. The molecule has 218 valence electrons. The molecule has 2 N–H and O–H groups in total. The first-order valence-corrected chi connectivity index (χ1v) is 14.5. The van der Waals surface area contributed by atoms with Crippen LogP contribution in [0.1, 0.15) is 97.5 Å². The second kappa shape index (κ2) is 23.5. The predicted octanol–water partition coefficient (Wildman–Crippen LogP) is 5.05. The van der Waals surface area contributed by atoms with Crippen molar-refractivity contribution in [3.05, 3.63) is 29.8 Å². The van der Waals surface area contributed by atoms with E-state index >= 15 is 0 Å². The SMILES string of the molecule is C1CCCCC1.CC.CC.COC(=O)C1CCCN1C(=O)CNC(=O)Cc1cccc(OCCCCO)c1. The maximum absolute atomic E-state index is 12.3. The van der Waals surface area contributed by atoms with Gasteiger partial charge in [-0.1, -0.05) is 78.4 Å². The molecule has 1 saturated carbocycles. The summed E-state index contributed by atoms with van der Waals surface area (Å²) in [5, 5.41) is 11.4. The van der Waals surface area contributed by atoms with Crippen LogP contribution >= 0.6 is 0 Å². The van der Waals surface area contributed by atoms with Gasteiger partial charge in [-0.15, -0.1) is 0 Å². The van der Waals surface area contributed by atoms with Crippen molar-refractivity contribution in [3.63, 3.8) is 0 Å². The molecule has 0 radical (unpaired) electrons. The second-order valence-corrected chi connectivity index (χ2v) is 8.77. The smallest absolute Gasteiger partial charge is 0.328 e. The van der Waals surface area contributed by atoms with E-state index in [1.165, 1.54) is 50.5 Å². The number of carbonyl (C=O) groups excluding carboxylic acids is 3. The summed E-state index contributed by atoms with van der Waals surface area (Å²) in [4.78, 5) is 37.7. The summed E-state index contributed by atoms with van der Waals surface area (Å²) in [6.07, 6.45) is 11.9. The van der Waals surface area contributed by atoms with Crippen LogP contribution in [0.5, 0.6) is 5.75 Å². The average molecular weight is 537 g/mol. The van der Waals surface area contributed by atoms with Gasteiger partial charge in [0.2, 0.25) is 11.8 Å². The maximum atomic E-state index is 12.3. The molecule has 0 aromatic heterocycles. The van der Waals surface area contributed by atoms with E-state index in [4.69, 9.17) is 14.6 Å². The van der Waals surface area contributed by atoms with Crippen LogP contribution in [-0.4, -0.2) is 67.2 Å². The first-order valence-electron chi connectivity index (χ1n) is 14.5. The lowest BCUT2D eigenvalue weighted by Crippen LogP contribution is -2.46. The minimum Gasteiger partial charge on any atom is -0.494 e. The Balaban J connectivity index is 0.00000116. The van der Waals surface area contributed by atoms with Crippen LogP contribution in [0.3, 0.4) is 0 Å². The topological polar surface area (TPSA) is 105 Å². The normalized spacial score (nSPS) is 15.8. The Morgan fingerprint density at radius 2 is 1.61 bits per heavy atom. The van der Waals surface area contributed by atoms with Crippen LogP contribution in [0.2, 0.25) is 0 Å². The molecule has 1 aliphatic heterocycles. The molecule has 8 nitrogen and oxygen atoms in total. The zero-order valence-electron chi connectivity index (χ0n) is 24.4. The van der Waals surface area contributed by atoms with E-state index in [-0.39, 0.29) is 31.4 Å². The molecule has 1 aliphatic carbocycles. The second-order valence-electron chi connectivity index (χ2n) is 8.77. The number of methoxy groups -OCH3 is 1. The number of carbonyl (C=O) groups is 3. The average Bonchev–Trinajstić information content (AvgIpc) is 3.48. The number of benzene rings is 1. The highest BCUT2D eigenvalue weighted by Crippen LogP contribution is 2.18. The summed E-state index contributed by atoms with van der Waals surface area (Å²) in [6.45, 7) is 8.98.